The van der Waals surface area contributed by atoms with Crippen molar-refractivity contribution in [3.05, 3.63) is 35.4 Å². The zero-order valence-corrected chi connectivity index (χ0v) is 16.3. The minimum absolute atomic E-state index is 0.0405. The van der Waals surface area contributed by atoms with E-state index < -0.39 is 26.3 Å². The van der Waals surface area contributed by atoms with Gasteiger partial charge in [-0.3, -0.25) is 0 Å². The van der Waals surface area contributed by atoms with E-state index in [1.54, 1.807) is 20.8 Å². The molecule has 1 rings (SSSR count). The molecule has 1 aromatic rings. The van der Waals surface area contributed by atoms with Crippen LogP contribution in [0.15, 0.2) is 29.3 Å². The van der Waals surface area contributed by atoms with E-state index in [0.29, 0.717) is 18.1 Å². The summed E-state index contributed by atoms with van der Waals surface area (Å²) in [4.78, 5) is 4.28. The molecule has 0 saturated heterocycles. The monoisotopic (exact) mass is 393 g/mol. The molecule has 2 N–H and O–H groups in total. The average Bonchev–Trinajstić information content (AvgIpc) is 2.51. The summed E-state index contributed by atoms with van der Waals surface area (Å²) in [7, 11) is -3.25. The van der Waals surface area contributed by atoms with Gasteiger partial charge in [-0.2, -0.15) is 13.2 Å². The van der Waals surface area contributed by atoms with Gasteiger partial charge in [-0.15, -0.1) is 0 Å². The molecule has 0 fully saturated rings. The number of aliphatic imine (C=N–C) groups is 1. The van der Waals surface area contributed by atoms with Gasteiger partial charge in [-0.1, -0.05) is 12.1 Å². The zero-order valence-electron chi connectivity index (χ0n) is 15.4. The molecule has 0 unspecified atom stereocenters. The van der Waals surface area contributed by atoms with Gasteiger partial charge in [0.15, 0.2) is 15.8 Å². The highest BCUT2D eigenvalue weighted by Gasteiger charge is 2.30. The third kappa shape index (κ3) is 6.86. The van der Waals surface area contributed by atoms with Gasteiger partial charge in [0.25, 0.3) is 0 Å². The predicted octanol–water partition coefficient (Wildman–Crippen LogP) is 2.97. The van der Waals surface area contributed by atoms with Gasteiger partial charge in [0.1, 0.15) is 0 Å². The van der Waals surface area contributed by atoms with Crippen molar-refractivity contribution in [1.82, 2.24) is 10.6 Å². The number of sulfone groups is 1. The van der Waals surface area contributed by atoms with Crippen molar-refractivity contribution >= 4 is 15.8 Å². The number of alkyl halides is 3. The van der Waals surface area contributed by atoms with E-state index >= 15 is 0 Å². The standard InChI is InChI=1S/C17H26F3N3O2S/c1-5-21-15(22-10-11-26(24,25)16(2,3)4)23-12-13-6-8-14(9-7-13)17(18,19)20/h6-9H,5,10-12H2,1-4H3,(H2,21,22,23). The van der Waals surface area contributed by atoms with Crippen LogP contribution in [-0.4, -0.2) is 38.0 Å². The fourth-order valence-corrected chi connectivity index (χ4v) is 2.90. The maximum Gasteiger partial charge on any atom is 0.416 e. The van der Waals surface area contributed by atoms with Gasteiger partial charge in [-0.25, -0.2) is 13.4 Å². The molecule has 0 heterocycles. The lowest BCUT2D eigenvalue weighted by molar-refractivity contribution is -0.137. The van der Waals surface area contributed by atoms with Crippen LogP contribution in [0.2, 0.25) is 0 Å². The first-order valence-corrected chi connectivity index (χ1v) is 9.92. The maximum atomic E-state index is 12.6. The van der Waals surface area contributed by atoms with Crippen molar-refractivity contribution in [2.75, 3.05) is 18.8 Å². The van der Waals surface area contributed by atoms with Gasteiger partial charge in [0, 0.05) is 13.1 Å². The lowest BCUT2D eigenvalue weighted by atomic mass is 10.1. The molecule has 0 amide bonds. The molecular formula is C17H26F3N3O2S. The largest absolute Gasteiger partial charge is 0.416 e. The molecule has 0 aliphatic heterocycles. The highest BCUT2D eigenvalue weighted by atomic mass is 32.2. The molecular weight excluding hydrogens is 367 g/mol. The summed E-state index contributed by atoms with van der Waals surface area (Å²) in [5.74, 6) is 0.373. The number of hydrogen-bond donors (Lipinski definition) is 2. The molecule has 1 aromatic carbocycles. The Morgan fingerprint density at radius 2 is 1.65 bits per heavy atom. The first-order chi connectivity index (χ1) is 11.9. The van der Waals surface area contributed by atoms with E-state index in [-0.39, 0.29) is 18.8 Å². The summed E-state index contributed by atoms with van der Waals surface area (Å²) in [5.41, 5.74) is -0.0832. The molecule has 0 saturated carbocycles. The Labute approximate surface area is 153 Å². The van der Waals surface area contributed by atoms with Gasteiger partial charge < -0.3 is 10.6 Å². The molecule has 0 spiro atoms. The molecule has 9 heteroatoms. The number of benzene rings is 1. The lowest BCUT2D eigenvalue weighted by Crippen LogP contribution is -2.41. The minimum atomic E-state index is -4.36. The smallest absolute Gasteiger partial charge is 0.357 e. The van der Waals surface area contributed by atoms with Gasteiger partial charge in [0.2, 0.25) is 0 Å². The maximum absolute atomic E-state index is 12.6. The van der Waals surface area contributed by atoms with E-state index in [0.717, 1.165) is 12.1 Å². The second kappa shape index (κ2) is 8.75. The highest BCUT2D eigenvalue weighted by molar-refractivity contribution is 7.92. The Morgan fingerprint density at radius 1 is 1.08 bits per heavy atom. The van der Waals surface area contributed by atoms with Crippen molar-refractivity contribution in [3.8, 4) is 0 Å². The van der Waals surface area contributed by atoms with Crippen molar-refractivity contribution in [2.45, 2.75) is 45.2 Å². The number of hydrogen-bond acceptors (Lipinski definition) is 3. The predicted molar refractivity (Wildman–Crippen MR) is 97.8 cm³/mol. The summed E-state index contributed by atoms with van der Waals surface area (Å²) >= 11 is 0. The number of halogens is 3. The third-order valence-corrected chi connectivity index (χ3v) is 6.25. The number of guanidine groups is 1. The van der Waals surface area contributed by atoms with Crippen molar-refractivity contribution < 1.29 is 21.6 Å². The van der Waals surface area contributed by atoms with Crippen LogP contribution in [-0.2, 0) is 22.6 Å². The quantitative estimate of drug-likeness (QED) is 0.576. The number of rotatable bonds is 6. The molecule has 0 atom stereocenters. The van der Waals surface area contributed by atoms with Crippen LogP contribution >= 0.6 is 0 Å². The van der Waals surface area contributed by atoms with Crippen molar-refractivity contribution in [3.63, 3.8) is 0 Å². The van der Waals surface area contributed by atoms with E-state index in [1.165, 1.54) is 12.1 Å². The van der Waals surface area contributed by atoms with Gasteiger partial charge in [0.05, 0.1) is 22.6 Å². The molecule has 26 heavy (non-hydrogen) atoms. The average molecular weight is 393 g/mol. The topological polar surface area (TPSA) is 70.6 Å². The number of nitrogens with zero attached hydrogens (tertiary/aromatic N) is 1. The van der Waals surface area contributed by atoms with E-state index in [4.69, 9.17) is 0 Å². The second-order valence-electron chi connectivity index (χ2n) is 6.75. The summed E-state index contributed by atoms with van der Waals surface area (Å²) in [5, 5.41) is 5.91. The van der Waals surface area contributed by atoms with Crippen molar-refractivity contribution in [2.24, 2.45) is 4.99 Å². The van der Waals surface area contributed by atoms with Crippen LogP contribution in [0.1, 0.15) is 38.8 Å². The van der Waals surface area contributed by atoms with Gasteiger partial charge in [-0.05, 0) is 45.4 Å². The zero-order chi connectivity index (χ0) is 20.0. The van der Waals surface area contributed by atoms with Crippen LogP contribution in [0, 0.1) is 0 Å². The summed E-state index contributed by atoms with van der Waals surface area (Å²) in [6, 6.07) is 4.78. The fraction of sp³-hybridized carbons (Fsp3) is 0.588. The fourth-order valence-electron chi connectivity index (χ4n) is 1.92. The Morgan fingerprint density at radius 3 is 2.12 bits per heavy atom. The molecule has 0 aromatic heterocycles. The van der Waals surface area contributed by atoms with Crippen molar-refractivity contribution in [1.29, 1.82) is 0 Å². The first-order valence-electron chi connectivity index (χ1n) is 8.27. The minimum Gasteiger partial charge on any atom is -0.357 e. The summed E-state index contributed by atoms with van der Waals surface area (Å²) < 4.78 is 61.0. The SMILES string of the molecule is CCNC(=NCc1ccc(C(F)(F)F)cc1)NCCS(=O)(=O)C(C)(C)C. The second-order valence-corrected chi connectivity index (χ2v) is 9.61. The summed E-state index contributed by atoms with van der Waals surface area (Å²) in [6.45, 7) is 7.74. The van der Waals surface area contributed by atoms with Crippen LogP contribution in [0.4, 0.5) is 13.2 Å². The Kier molecular flexibility index (Phi) is 7.49. The van der Waals surface area contributed by atoms with E-state index in [2.05, 4.69) is 15.6 Å². The van der Waals surface area contributed by atoms with E-state index in [1.807, 2.05) is 6.92 Å². The number of nitrogens with one attached hydrogen (secondary N) is 2. The molecule has 0 radical (unpaired) electrons. The Hall–Kier alpha value is -1.77. The Balaban J connectivity index is 2.69. The summed E-state index contributed by atoms with van der Waals surface area (Å²) in [6.07, 6.45) is -4.36. The van der Waals surface area contributed by atoms with Gasteiger partial charge >= 0.3 is 6.18 Å². The third-order valence-electron chi connectivity index (χ3n) is 3.64. The lowest BCUT2D eigenvalue weighted by Gasteiger charge is -2.19. The van der Waals surface area contributed by atoms with Crippen LogP contribution in [0.3, 0.4) is 0 Å². The molecule has 0 bridgehead atoms. The van der Waals surface area contributed by atoms with E-state index in [9.17, 15) is 21.6 Å². The highest BCUT2D eigenvalue weighted by Crippen LogP contribution is 2.29. The molecule has 148 valence electrons. The first kappa shape index (κ1) is 22.3. The van der Waals surface area contributed by atoms with Crippen LogP contribution < -0.4 is 10.6 Å². The van der Waals surface area contributed by atoms with Crippen LogP contribution in [0.5, 0.6) is 0 Å². The Bertz CT molecular complexity index is 706. The molecule has 0 aliphatic carbocycles. The van der Waals surface area contributed by atoms with Crippen LogP contribution in [0.25, 0.3) is 0 Å². The molecule has 0 aliphatic rings. The normalized spacial score (nSPS) is 13.6. The molecule has 5 nitrogen and oxygen atoms in total.